The lowest BCUT2D eigenvalue weighted by Crippen LogP contribution is -2.25. The minimum Gasteiger partial charge on any atom is -0.348 e. The maximum absolute atomic E-state index is 4.63. The summed E-state index contributed by atoms with van der Waals surface area (Å²) in [4.78, 5) is 8.43. The molecule has 0 aliphatic heterocycles. The van der Waals surface area contributed by atoms with E-state index in [0.29, 0.717) is 6.04 Å². The molecule has 110 valence electrons. The largest absolute Gasteiger partial charge is 0.348 e. The third-order valence-corrected chi connectivity index (χ3v) is 4.52. The first-order valence-corrected chi connectivity index (χ1v) is 8.48. The van der Waals surface area contributed by atoms with Gasteiger partial charge in [-0.1, -0.05) is 33.6 Å². The molecule has 1 aromatic heterocycles. The van der Waals surface area contributed by atoms with Crippen LogP contribution in [0.5, 0.6) is 0 Å². The second-order valence-electron chi connectivity index (χ2n) is 5.02. The molecule has 1 atom stereocenters. The minimum absolute atomic E-state index is 0.412. The van der Waals surface area contributed by atoms with E-state index in [0.717, 1.165) is 19.6 Å². The van der Waals surface area contributed by atoms with Crippen LogP contribution in [0.25, 0.3) is 0 Å². The Bertz CT molecular complexity index is 330. The van der Waals surface area contributed by atoms with Crippen molar-refractivity contribution in [3.05, 3.63) is 11.1 Å². The van der Waals surface area contributed by atoms with Gasteiger partial charge in [-0.15, -0.1) is 11.3 Å². The number of aromatic nitrogens is 1. The van der Waals surface area contributed by atoms with Crippen LogP contribution in [0.1, 0.15) is 64.3 Å². The fraction of sp³-hybridized carbons (Fsp3) is 0.800. The standard InChI is InChI=1S/C15H29N3S/c1-5-8-10-18(11-9-6-2)15-17-12-14(19-15)13(4)16-7-3/h12-13,16H,5-11H2,1-4H3. The summed E-state index contributed by atoms with van der Waals surface area (Å²) in [7, 11) is 0. The third-order valence-electron chi connectivity index (χ3n) is 3.28. The van der Waals surface area contributed by atoms with Crippen molar-refractivity contribution in [2.45, 2.75) is 59.4 Å². The topological polar surface area (TPSA) is 28.2 Å². The van der Waals surface area contributed by atoms with Crippen LogP contribution in [-0.4, -0.2) is 24.6 Å². The molecule has 0 bridgehead atoms. The Morgan fingerprint density at radius 3 is 2.37 bits per heavy atom. The predicted molar refractivity (Wildman–Crippen MR) is 86.2 cm³/mol. The molecule has 1 heterocycles. The molecule has 1 unspecified atom stereocenters. The Labute approximate surface area is 122 Å². The molecular formula is C15H29N3S. The summed E-state index contributed by atoms with van der Waals surface area (Å²) in [5.41, 5.74) is 0. The SMILES string of the molecule is CCCCN(CCCC)c1ncc(C(C)NCC)s1. The molecule has 0 amide bonds. The lowest BCUT2D eigenvalue weighted by atomic mass is 10.3. The number of nitrogens with zero attached hydrogens (tertiary/aromatic N) is 2. The monoisotopic (exact) mass is 283 g/mol. The predicted octanol–water partition coefficient (Wildman–Crippen LogP) is 4.22. The fourth-order valence-corrected chi connectivity index (χ4v) is 3.02. The number of hydrogen-bond donors (Lipinski definition) is 1. The van der Waals surface area contributed by atoms with Crippen molar-refractivity contribution in [1.29, 1.82) is 0 Å². The molecule has 0 saturated carbocycles. The van der Waals surface area contributed by atoms with E-state index in [9.17, 15) is 0 Å². The van der Waals surface area contributed by atoms with Crippen molar-refractivity contribution in [1.82, 2.24) is 10.3 Å². The Hall–Kier alpha value is -0.610. The average molecular weight is 283 g/mol. The number of hydrogen-bond acceptors (Lipinski definition) is 4. The zero-order valence-corrected chi connectivity index (χ0v) is 13.7. The Morgan fingerprint density at radius 1 is 1.21 bits per heavy atom. The van der Waals surface area contributed by atoms with Gasteiger partial charge in [0.15, 0.2) is 5.13 Å². The van der Waals surface area contributed by atoms with E-state index in [1.807, 2.05) is 17.5 Å². The lowest BCUT2D eigenvalue weighted by Gasteiger charge is -2.21. The first-order chi connectivity index (χ1) is 9.22. The highest BCUT2D eigenvalue weighted by molar-refractivity contribution is 7.15. The summed E-state index contributed by atoms with van der Waals surface area (Å²) in [5.74, 6) is 0. The van der Waals surface area contributed by atoms with Crippen LogP contribution in [0.3, 0.4) is 0 Å². The molecule has 0 spiro atoms. The van der Waals surface area contributed by atoms with Gasteiger partial charge in [0, 0.05) is 30.2 Å². The van der Waals surface area contributed by atoms with Gasteiger partial charge in [0.25, 0.3) is 0 Å². The van der Waals surface area contributed by atoms with Crippen LogP contribution in [0.4, 0.5) is 5.13 Å². The van der Waals surface area contributed by atoms with E-state index >= 15 is 0 Å². The number of unbranched alkanes of at least 4 members (excludes halogenated alkanes) is 2. The Kier molecular flexibility index (Phi) is 8.07. The molecule has 3 nitrogen and oxygen atoms in total. The van der Waals surface area contributed by atoms with Gasteiger partial charge in [-0.2, -0.15) is 0 Å². The summed E-state index contributed by atoms with van der Waals surface area (Å²) in [6.45, 7) is 12.1. The third kappa shape index (κ3) is 5.49. The minimum atomic E-state index is 0.412. The highest BCUT2D eigenvalue weighted by Gasteiger charge is 2.13. The summed E-state index contributed by atoms with van der Waals surface area (Å²) in [6.07, 6.45) is 7.03. The second kappa shape index (κ2) is 9.32. The van der Waals surface area contributed by atoms with Gasteiger partial charge in [0.2, 0.25) is 0 Å². The molecule has 0 aromatic carbocycles. The molecular weight excluding hydrogens is 254 g/mol. The van der Waals surface area contributed by atoms with Crippen LogP contribution in [-0.2, 0) is 0 Å². The molecule has 0 fully saturated rings. The van der Waals surface area contributed by atoms with Crippen molar-refractivity contribution in [2.75, 3.05) is 24.5 Å². The normalized spacial score (nSPS) is 12.6. The van der Waals surface area contributed by atoms with Crippen LogP contribution in [0, 0.1) is 0 Å². The molecule has 0 radical (unpaired) electrons. The maximum atomic E-state index is 4.63. The van der Waals surface area contributed by atoms with Gasteiger partial charge in [0.05, 0.1) is 0 Å². The number of anilines is 1. The van der Waals surface area contributed by atoms with Crippen molar-refractivity contribution in [2.24, 2.45) is 0 Å². The van der Waals surface area contributed by atoms with E-state index in [1.165, 1.54) is 35.7 Å². The van der Waals surface area contributed by atoms with Gasteiger partial charge in [-0.25, -0.2) is 4.98 Å². The smallest absolute Gasteiger partial charge is 0.185 e. The molecule has 1 N–H and O–H groups in total. The van der Waals surface area contributed by atoms with E-state index in [1.54, 1.807) is 0 Å². The number of thiazole rings is 1. The van der Waals surface area contributed by atoms with Gasteiger partial charge in [-0.05, 0) is 26.3 Å². The van der Waals surface area contributed by atoms with Crippen molar-refractivity contribution < 1.29 is 0 Å². The highest BCUT2D eigenvalue weighted by Crippen LogP contribution is 2.27. The fourth-order valence-electron chi connectivity index (χ4n) is 2.03. The lowest BCUT2D eigenvalue weighted by molar-refractivity contribution is 0.606. The molecule has 1 rings (SSSR count). The summed E-state index contributed by atoms with van der Waals surface area (Å²) >= 11 is 1.84. The van der Waals surface area contributed by atoms with Gasteiger partial charge in [-0.3, -0.25) is 0 Å². The quantitative estimate of drug-likeness (QED) is 0.697. The van der Waals surface area contributed by atoms with Gasteiger partial charge in [0.1, 0.15) is 0 Å². The molecule has 19 heavy (non-hydrogen) atoms. The average Bonchev–Trinajstić information content (AvgIpc) is 2.89. The van der Waals surface area contributed by atoms with Crippen LogP contribution in [0.2, 0.25) is 0 Å². The first-order valence-electron chi connectivity index (χ1n) is 7.66. The van der Waals surface area contributed by atoms with Gasteiger partial charge < -0.3 is 10.2 Å². The summed E-state index contributed by atoms with van der Waals surface area (Å²) < 4.78 is 0. The van der Waals surface area contributed by atoms with E-state index in [4.69, 9.17) is 0 Å². The second-order valence-corrected chi connectivity index (χ2v) is 6.06. The Balaban J connectivity index is 2.66. The van der Waals surface area contributed by atoms with Crippen LogP contribution >= 0.6 is 11.3 Å². The van der Waals surface area contributed by atoms with E-state index in [-0.39, 0.29) is 0 Å². The van der Waals surface area contributed by atoms with Crippen molar-refractivity contribution >= 4 is 16.5 Å². The zero-order chi connectivity index (χ0) is 14.1. The number of rotatable bonds is 10. The van der Waals surface area contributed by atoms with Crippen molar-refractivity contribution in [3.8, 4) is 0 Å². The van der Waals surface area contributed by atoms with Gasteiger partial charge >= 0.3 is 0 Å². The molecule has 0 saturated heterocycles. The van der Waals surface area contributed by atoms with E-state index < -0.39 is 0 Å². The molecule has 0 aliphatic rings. The van der Waals surface area contributed by atoms with Crippen molar-refractivity contribution in [3.63, 3.8) is 0 Å². The van der Waals surface area contributed by atoms with Crippen LogP contribution in [0.15, 0.2) is 6.20 Å². The highest BCUT2D eigenvalue weighted by atomic mass is 32.1. The Morgan fingerprint density at radius 2 is 1.84 bits per heavy atom. The van der Waals surface area contributed by atoms with Crippen LogP contribution < -0.4 is 10.2 Å². The van der Waals surface area contributed by atoms with E-state index in [2.05, 4.69) is 42.9 Å². The number of nitrogens with one attached hydrogen (secondary N) is 1. The summed E-state index contributed by atoms with van der Waals surface area (Å²) in [5, 5.41) is 4.65. The molecule has 4 heteroatoms. The molecule has 0 aliphatic carbocycles. The zero-order valence-electron chi connectivity index (χ0n) is 12.9. The summed E-state index contributed by atoms with van der Waals surface area (Å²) in [6, 6.07) is 0.412. The molecule has 1 aromatic rings. The maximum Gasteiger partial charge on any atom is 0.185 e. The first kappa shape index (κ1) is 16.4.